The first-order valence-electron chi connectivity index (χ1n) is 3.69. The molecule has 0 aliphatic carbocycles. The maximum atomic E-state index is 12.5. The minimum absolute atomic E-state index is 0.192. The lowest BCUT2D eigenvalue weighted by Crippen LogP contribution is -2.18. The van der Waals surface area contributed by atoms with Gasteiger partial charge in [-0.3, -0.25) is 0 Å². The second kappa shape index (κ2) is 4.13. The molecule has 0 spiro atoms. The first kappa shape index (κ1) is 11.2. The summed E-state index contributed by atoms with van der Waals surface area (Å²) in [7, 11) is 0. The minimum Gasteiger partial charge on any atom is -0.404 e. The Labute approximate surface area is 81.9 Å². The Morgan fingerprint density at radius 1 is 1.47 bits per heavy atom. The molecule has 1 aromatic heterocycles. The number of aromatic nitrogens is 1. The largest absolute Gasteiger partial charge is 0.573 e. The lowest BCUT2D eigenvalue weighted by atomic mass is 10.2. The van der Waals surface area contributed by atoms with E-state index in [0.717, 1.165) is 6.07 Å². The van der Waals surface area contributed by atoms with E-state index >= 15 is 0 Å². The molecule has 0 bridgehead atoms. The molecule has 1 heterocycles. The minimum atomic E-state index is -4.89. The van der Waals surface area contributed by atoms with Gasteiger partial charge < -0.3 is 4.74 Å². The maximum absolute atomic E-state index is 12.5. The smallest absolute Gasteiger partial charge is 0.404 e. The molecule has 15 heavy (non-hydrogen) atoms. The Morgan fingerprint density at radius 2 is 2.13 bits per heavy atom. The van der Waals surface area contributed by atoms with Crippen molar-refractivity contribution in [2.24, 2.45) is 0 Å². The SMILES string of the molecule is N#CCc1cc(F)ncc1OC(F)(F)F. The van der Waals surface area contributed by atoms with E-state index in [1.807, 2.05) is 0 Å². The number of ether oxygens (including phenoxy) is 1. The van der Waals surface area contributed by atoms with E-state index in [0.29, 0.717) is 6.20 Å². The highest BCUT2D eigenvalue weighted by atomic mass is 19.4. The molecule has 0 saturated heterocycles. The van der Waals surface area contributed by atoms with Crippen LogP contribution in [0.15, 0.2) is 12.3 Å². The van der Waals surface area contributed by atoms with E-state index in [-0.39, 0.29) is 12.0 Å². The van der Waals surface area contributed by atoms with Crippen LogP contribution in [-0.2, 0) is 6.42 Å². The molecule has 0 amide bonds. The van der Waals surface area contributed by atoms with Gasteiger partial charge in [-0.2, -0.15) is 9.65 Å². The van der Waals surface area contributed by atoms with Crippen molar-refractivity contribution in [3.63, 3.8) is 0 Å². The van der Waals surface area contributed by atoms with Gasteiger partial charge in [0.2, 0.25) is 5.95 Å². The topological polar surface area (TPSA) is 45.9 Å². The van der Waals surface area contributed by atoms with Crippen LogP contribution in [-0.4, -0.2) is 11.3 Å². The normalized spacial score (nSPS) is 10.9. The predicted molar refractivity (Wildman–Crippen MR) is 40.2 cm³/mol. The Morgan fingerprint density at radius 3 is 2.67 bits per heavy atom. The van der Waals surface area contributed by atoms with Crippen molar-refractivity contribution in [2.45, 2.75) is 12.8 Å². The summed E-state index contributed by atoms with van der Waals surface area (Å²) in [5, 5.41) is 8.30. The molecular weight excluding hydrogens is 216 g/mol. The summed E-state index contributed by atoms with van der Waals surface area (Å²) in [5.74, 6) is -1.62. The fraction of sp³-hybridized carbons (Fsp3) is 0.250. The first-order chi connectivity index (χ1) is 6.92. The molecule has 80 valence electrons. The van der Waals surface area contributed by atoms with E-state index < -0.39 is 18.1 Å². The zero-order valence-electron chi connectivity index (χ0n) is 7.18. The molecule has 1 rings (SSSR count). The summed E-state index contributed by atoms with van der Waals surface area (Å²) in [6, 6.07) is 2.32. The average molecular weight is 220 g/mol. The summed E-state index contributed by atoms with van der Waals surface area (Å²) >= 11 is 0. The number of hydrogen-bond donors (Lipinski definition) is 0. The summed E-state index contributed by atoms with van der Waals surface area (Å²) in [6.07, 6.45) is -4.68. The summed E-state index contributed by atoms with van der Waals surface area (Å²) in [6.45, 7) is 0. The van der Waals surface area contributed by atoms with Crippen molar-refractivity contribution in [3.8, 4) is 11.8 Å². The lowest BCUT2D eigenvalue weighted by Gasteiger charge is -2.10. The van der Waals surface area contributed by atoms with E-state index in [9.17, 15) is 17.6 Å². The van der Waals surface area contributed by atoms with Crippen LogP contribution in [0.25, 0.3) is 0 Å². The number of nitriles is 1. The molecule has 0 aliphatic heterocycles. The molecule has 0 atom stereocenters. The van der Waals surface area contributed by atoms with Gasteiger partial charge >= 0.3 is 6.36 Å². The number of alkyl halides is 3. The second-order valence-electron chi connectivity index (χ2n) is 2.50. The predicted octanol–water partition coefficient (Wildman–Crippen LogP) is 2.19. The molecule has 0 N–H and O–H groups in total. The van der Waals surface area contributed by atoms with Gasteiger partial charge in [0.1, 0.15) is 0 Å². The molecule has 0 aliphatic rings. The third-order valence-corrected chi connectivity index (χ3v) is 1.41. The van der Waals surface area contributed by atoms with Gasteiger partial charge in [-0.05, 0) is 0 Å². The molecule has 0 saturated carbocycles. The first-order valence-corrected chi connectivity index (χ1v) is 3.69. The van der Waals surface area contributed by atoms with Gasteiger partial charge in [-0.15, -0.1) is 13.2 Å². The number of rotatable bonds is 2. The molecule has 0 unspecified atom stereocenters. The highest BCUT2D eigenvalue weighted by Gasteiger charge is 2.32. The van der Waals surface area contributed by atoms with Crippen LogP contribution < -0.4 is 4.74 Å². The van der Waals surface area contributed by atoms with Crippen LogP contribution >= 0.6 is 0 Å². The summed E-state index contributed by atoms with van der Waals surface area (Å²) < 4.78 is 51.6. The van der Waals surface area contributed by atoms with Crippen LogP contribution in [0.2, 0.25) is 0 Å². The quantitative estimate of drug-likeness (QED) is 0.566. The van der Waals surface area contributed by atoms with Crippen molar-refractivity contribution in [3.05, 3.63) is 23.8 Å². The van der Waals surface area contributed by atoms with Gasteiger partial charge in [0, 0.05) is 11.6 Å². The van der Waals surface area contributed by atoms with Gasteiger partial charge in [0.05, 0.1) is 18.7 Å². The van der Waals surface area contributed by atoms with E-state index in [1.54, 1.807) is 6.07 Å². The van der Waals surface area contributed by atoms with Crippen molar-refractivity contribution in [2.75, 3.05) is 0 Å². The van der Waals surface area contributed by atoms with Crippen molar-refractivity contribution < 1.29 is 22.3 Å². The van der Waals surface area contributed by atoms with E-state index in [2.05, 4.69) is 9.72 Å². The fourth-order valence-electron chi connectivity index (χ4n) is 0.895. The molecule has 0 fully saturated rings. The Kier molecular flexibility index (Phi) is 3.09. The van der Waals surface area contributed by atoms with E-state index in [4.69, 9.17) is 5.26 Å². The molecule has 0 aromatic carbocycles. The van der Waals surface area contributed by atoms with Crippen LogP contribution in [0.1, 0.15) is 5.56 Å². The summed E-state index contributed by atoms with van der Waals surface area (Å²) in [5.41, 5.74) is -0.192. The highest BCUT2D eigenvalue weighted by molar-refractivity contribution is 5.32. The Hall–Kier alpha value is -1.84. The van der Waals surface area contributed by atoms with Gasteiger partial charge in [0.25, 0.3) is 0 Å². The van der Waals surface area contributed by atoms with Crippen LogP contribution in [0.3, 0.4) is 0 Å². The average Bonchev–Trinajstić information content (AvgIpc) is 2.08. The fourth-order valence-corrected chi connectivity index (χ4v) is 0.895. The van der Waals surface area contributed by atoms with Crippen molar-refractivity contribution in [1.29, 1.82) is 5.26 Å². The molecule has 3 nitrogen and oxygen atoms in total. The number of pyridine rings is 1. The van der Waals surface area contributed by atoms with Crippen molar-refractivity contribution >= 4 is 0 Å². The Bertz CT molecular complexity index is 397. The zero-order chi connectivity index (χ0) is 11.5. The third kappa shape index (κ3) is 3.42. The second-order valence-corrected chi connectivity index (χ2v) is 2.50. The van der Waals surface area contributed by atoms with Gasteiger partial charge in [-0.25, -0.2) is 4.98 Å². The van der Waals surface area contributed by atoms with Crippen LogP contribution in [0.5, 0.6) is 5.75 Å². The van der Waals surface area contributed by atoms with Crippen LogP contribution in [0, 0.1) is 17.3 Å². The highest BCUT2D eigenvalue weighted by Crippen LogP contribution is 2.26. The monoisotopic (exact) mass is 220 g/mol. The van der Waals surface area contributed by atoms with Crippen LogP contribution in [0.4, 0.5) is 17.6 Å². The van der Waals surface area contributed by atoms with Crippen molar-refractivity contribution in [1.82, 2.24) is 4.98 Å². The van der Waals surface area contributed by atoms with E-state index in [1.165, 1.54) is 0 Å². The van der Waals surface area contributed by atoms with Gasteiger partial charge in [-0.1, -0.05) is 0 Å². The molecule has 0 radical (unpaired) electrons. The number of hydrogen-bond acceptors (Lipinski definition) is 3. The zero-order valence-corrected chi connectivity index (χ0v) is 7.18. The molecule has 1 aromatic rings. The molecular formula is C8H4F4N2O. The Balaban J connectivity index is 3.02. The maximum Gasteiger partial charge on any atom is 0.573 e. The lowest BCUT2D eigenvalue weighted by molar-refractivity contribution is -0.275. The molecule has 7 heteroatoms. The van der Waals surface area contributed by atoms with Gasteiger partial charge in [0.15, 0.2) is 5.75 Å². The standard InChI is InChI=1S/C8H4F4N2O/c9-7-3-5(1-2-13)6(4-14-7)15-8(10,11)12/h3-4H,1H2. The summed E-state index contributed by atoms with van der Waals surface area (Å²) in [4.78, 5) is 3.01. The third-order valence-electron chi connectivity index (χ3n) is 1.41. The number of nitrogens with zero attached hydrogens (tertiary/aromatic N) is 2. The number of halogens is 4.